The van der Waals surface area contributed by atoms with Gasteiger partial charge in [0, 0.05) is 24.9 Å². The minimum Gasteiger partial charge on any atom is -0.323 e. The van der Waals surface area contributed by atoms with E-state index in [4.69, 9.17) is 0 Å². The molecule has 164 valence electrons. The van der Waals surface area contributed by atoms with Crippen molar-refractivity contribution in [3.8, 4) is 0 Å². The Morgan fingerprint density at radius 1 is 1.27 bits per heavy atom. The first-order chi connectivity index (χ1) is 14.4. The van der Waals surface area contributed by atoms with Gasteiger partial charge in [0.15, 0.2) is 5.13 Å². The van der Waals surface area contributed by atoms with Gasteiger partial charge >= 0.3 is 6.03 Å². The molecule has 8 nitrogen and oxygen atoms in total. The number of urea groups is 1. The van der Waals surface area contributed by atoms with Crippen molar-refractivity contribution < 1.29 is 14.4 Å². The fourth-order valence-electron chi connectivity index (χ4n) is 4.65. The van der Waals surface area contributed by atoms with E-state index in [1.165, 1.54) is 29.1 Å². The highest BCUT2D eigenvalue weighted by Crippen LogP contribution is 2.33. The van der Waals surface area contributed by atoms with Gasteiger partial charge in [-0.1, -0.05) is 26.2 Å². The number of hydrogen-bond donors (Lipinski definition) is 2. The van der Waals surface area contributed by atoms with E-state index >= 15 is 0 Å². The second kappa shape index (κ2) is 9.01. The second-order valence-electron chi connectivity index (χ2n) is 8.93. The number of nitrogens with one attached hydrogen (secondary N) is 2. The maximum absolute atomic E-state index is 12.8. The highest BCUT2D eigenvalue weighted by molar-refractivity contribution is 7.13. The number of nitrogens with zero attached hydrogens (tertiary/aromatic N) is 3. The maximum Gasteiger partial charge on any atom is 0.325 e. The van der Waals surface area contributed by atoms with E-state index in [0.29, 0.717) is 18.0 Å². The summed E-state index contributed by atoms with van der Waals surface area (Å²) in [4.78, 5) is 45.6. The monoisotopic (exact) mass is 433 g/mol. The predicted molar refractivity (Wildman–Crippen MR) is 115 cm³/mol. The number of piperidine rings is 1. The number of rotatable bonds is 6. The topological polar surface area (TPSA) is 94.6 Å². The van der Waals surface area contributed by atoms with Crippen molar-refractivity contribution in [1.82, 2.24) is 20.1 Å². The molecule has 0 atom stereocenters. The van der Waals surface area contributed by atoms with Crippen LogP contribution < -0.4 is 10.6 Å². The van der Waals surface area contributed by atoms with Crippen LogP contribution in [0.2, 0.25) is 0 Å². The number of imide groups is 1. The average Bonchev–Trinajstić information content (AvgIpc) is 3.25. The van der Waals surface area contributed by atoms with E-state index in [-0.39, 0.29) is 30.8 Å². The Labute approximate surface area is 181 Å². The maximum atomic E-state index is 12.8. The van der Waals surface area contributed by atoms with Crippen LogP contribution in [-0.2, 0) is 16.1 Å². The molecule has 2 aliphatic heterocycles. The first-order valence-electron chi connectivity index (χ1n) is 11.1. The zero-order chi connectivity index (χ0) is 21.1. The summed E-state index contributed by atoms with van der Waals surface area (Å²) < 4.78 is 0. The van der Waals surface area contributed by atoms with Crippen molar-refractivity contribution in [3.05, 3.63) is 11.1 Å². The molecule has 1 aromatic heterocycles. The number of likely N-dealkylation sites (tertiary alicyclic amines) is 1. The van der Waals surface area contributed by atoms with Crippen molar-refractivity contribution in [2.45, 2.75) is 70.4 Å². The summed E-state index contributed by atoms with van der Waals surface area (Å²) >= 11 is 1.41. The van der Waals surface area contributed by atoms with Crippen molar-refractivity contribution in [2.24, 2.45) is 5.92 Å². The summed E-state index contributed by atoms with van der Waals surface area (Å²) in [6.07, 6.45) is 6.90. The third-order valence-corrected chi connectivity index (χ3v) is 7.38. The molecule has 4 amide bonds. The van der Waals surface area contributed by atoms with Crippen LogP contribution in [0.25, 0.3) is 0 Å². The number of anilines is 1. The van der Waals surface area contributed by atoms with Gasteiger partial charge in [-0.05, 0) is 44.7 Å². The standard InChI is InChI=1S/C21H31N5O3S/c1-15-5-10-25(11-6-15)13-16-14-30-19(22-16)23-17(27)7-12-26-18(28)21(24-20(26)29)8-3-2-4-9-21/h14-15H,2-13H2,1H3,(H,24,29)(H,22,23,27). The normalized spacial score (nSPS) is 22.5. The molecule has 0 aromatic carbocycles. The van der Waals surface area contributed by atoms with Gasteiger partial charge in [0.25, 0.3) is 5.91 Å². The fraction of sp³-hybridized carbons (Fsp3) is 0.714. The van der Waals surface area contributed by atoms with Crippen LogP contribution in [0.1, 0.15) is 64.0 Å². The molecule has 2 N–H and O–H groups in total. The molecule has 1 saturated carbocycles. The molecular formula is C21H31N5O3S. The summed E-state index contributed by atoms with van der Waals surface area (Å²) in [6, 6.07) is -0.373. The number of thiazole rings is 1. The van der Waals surface area contributed by atoms with Crippen LogP contribution in [0.3, 0.4) is 0 Å². The van der Waals surface area contributed by atoms with Gasteiger partial charge in [-0.25, -0.2) is 9.78 Å². The van der Waals surface area contributed by atoms with Crippen LogP contribution in [0.5, 0.6) is 0 Å². The van der Waals surface area contributed by atoms with Crippen molar-refractivity contribution in [3.63, 3.8) is 0 Å². The second-order valence-corrected chi connectivity index (χ2v) is 9.79. The van der Waals surface area contributed by atoms with Crippen LogP contribution >= 0.6 is 11.3 Å². The van der Waals surface area contributed by atoms with Gasteiger partial charge in [-0.15, -0.1) is 11.3 Å². The number of carbonyl (C=O) groups is 3. The van der Waals surface area contributed by atoms with Gasteiger partial charge in [-0.2, -0.15) is 0 Å². The van der Waals surface area contributed by atoms with Crippen LogP contribution in [0, 0.1) is 5.92 Å². The Hall–Kier alpha value is -2.00. The molecule has 3 aliphatic rings. The summed E-state index contributed by atoms with van der Waals surface area (Å²) in [5.74, 6) is 0.393. The van der Waals surface area contributed by atoms with Gasteiger partial charge in [0.05, 0.1) is 5.69 Å². The molecule has 2 saturated heterocycles. The summed E-state index contributed by atoms with van der Waals surface area (Å²) in [6.45, 7) is 5.38. The molecule has 1 spiro atoms. The lowest BCUT2D eigenvalue weighted by Crippen LogP contribution is -2.48. The number of hydrogen-bond acceptors (Lipinski definition) is 6. The Bertz CT molecular complexity index is 796. The van der Waals surface area contributed by atoms with Crippen LogP contribution in [0.15, 0.2) is 5.38 Å². The molecule has 0 radical (unpaired) electrons. The number of aromatic nitrogens is 1. The molecule has 9 heteroatoms. The van der Waals surface area contributed by atoms with Gasteiger partial charge < -0.3 is 10.6 Å². The smallest absolute Gasteiger partial charge is 0.323 e. The molecule has 30 heavy (non-hydrogen) atoms. The Morgan fingerprint density at radius 2 is 2.00 bits per heavy atom. The Balaban J connectivity index is 1.25. The minimum absolute atomic E-state index is 0.0775. The Kier molecular flexibility index (Phi) is 6.38. The summed E-state index contributed by atoms with van der Waals surface area (Å²) in [5.41, 5.74) is 0.237. The van der Waals surface area contributed by atoms with E-state index in [9.17, 15) is 14.4 Å². The van der Waals surface area contributed by atoms with E-state index < -0.39 is 5.54 Å². The third kappa shape index (κ3) is 4.67. The van der Waals surface area contributed by atoms with E-state index in [2.05, 4.69) is 27.4 Å². The summed E-state index contributed by atoms with van der Waals surface area (Å²) in [7, 11) is 0. The largest absolute Gasteiger partial charge is 0.325 e. The average molecular weight is 434 g/mol. The van der Waals surface area contributed by atoms with E-state index in [0.717, 1.165) is 50.5 Å². The quantitative estimate of drug-likeness (QED) is 0.673. The lowest BCUT2D eigenvalue weighted by molar-refractivity contribution is -0.132. The molecular weight excluding hydrogens is 402 g/mol. The highest BCUT2D eigenvalue weighted by Gasteiger charge is 2.51. The summed E-state index contributed by atoms with van der Waals surface area (Å²) in [5, 5.41) is 8.24. The van der Waals surface area contributed by atoms with Crippen molar-refractivity contribution in [2.75, 3.05) is 25.0 Å². The van der Waals surface area contributed by atoms with E-state index in [1.807, 2.05) is 5.38 Å². The van der Waals surface area contributed by atoms with Gasteiger partial charge in [0.2, 0.25) is 5.91 Å². The lowest BCUT2D eigenvalue weighted by Gasteiger charge is -2.30. The molecule has 1 aromatic rings. The SMILES string of the molecule is CC1CCN(Cc2csc(NC(=O)CCN3C(=O)NC4(CCCCC4)C3=O)n2)CC1. The van der Waals surface area contributed by atoms with Crippen LogP contribution in [0.4, 0.5) is 9.93 Å². The van der Waals surface area contributed by atoms with Crippen LogP contribution in [-0.4, -0.2) is 57.8 Å². The Morgan fingerprint density at radius 3 is 2.73 bits per heavy atom. The third-order valence-electron chi connectivity index (χ3n) is 6.58. The van der Waals surface area contributed by atoms with Gasteiger partial charge in [-0.3, -0.25) is 19.4 Å². The minimum atomic E-state index is -0.734. The molecule has 0 unspecified atom stereocenters. The fourth-order valence-corrected chi connectivity index (χ4v) is 5.37. The molecule has 0 bridgehead atoms. The van der Waals surface area contributed by atoms with Gasteiger partial charge in [0.1, 0.15) is 5.54 Å². The highest BCUT2D eigenvalue weighted by atomic mass is 32.1. The first kappa shape index (κ1) is 21.2. The molecule has 1 aliphatic carbocycles. The number of amides is 4. The molecule has 3 heterocycles. The van der Waals surface area contributed by atoms with Crippen molar-refractivity contribution in [1.29, 1.82) is 0 Å². The zero-order valence-electron chi connectivity index (χ0n) is 17.6. The predicted octanol–water partition coefficient (Wildman–Crippen LogP) is 2.96. The molecule has 4 rings (SSSR count). The zero-order valence-corrected chi connectivity index (χ0v) is 18.4. The van der Waals surface area contributed by atoms with E-state index in [1.54, 1.807) is 0 Å². The lowest BCUT2D eigenvalue weighted by atomic mass is 9.82. The number of carbonyl (C=O) groups excluding carboxylic acids is 3. The molecule has 3 fully saturated rings. The first-order valence-corrected chi connectivity index (χ1v) is 11.9. The van der Waals surface area contributed by atoms with Crippen molar-refractivity contribution >= 4 is 34.3 Å².